The maximum Gasteiger partial charge on any atom is 6.00 e. The van der Waals surface area contributed by atoms with Crippen molar-refractivity contribution < 1.29 is 21.1 Å². The summed E-state index contributed by atoms with van der Waals surface area (Å²) < 4.78 is 0. The summed E-state index contributed by atoms with van der Waals surface area (Å²) in [5, 5.41) is 37.5. The number of rotatable bonds is 0. The van der Waals surface area contributed by atoms with Crippen molar-refractivity contribution in [2.75, 3.05) is 0 Å². The zero-order valence-corrected chi connectivity index (χ0v) is 8.10. The first kappa shape index (κ1) is 74.8. The first-order valence-electron chi connectivity index (χ1n) is 1.34. The van der Waals surface area contributed by atoms with E-state index >= 15 is 0 Å². The molecule has 0 fully saturated rings. The first-order chi connectivity index (χ1) is 6.00. The van der Waals surface area contributed by atoms with Crippen LogP contribution in [-0.2, 0) is 21.1 Å². The Morgan fingerprint density at radius 2 is 0.308 bits per heavy atom. The van der Waals surface area contributed by atoms with Gasteiger partial charge in [-0.15, -0.1) is 0 Å². The van der Waals surface area contributed by atoms with Crippen molar-refractivity contribution in [2.45, 2.75) is 0 Å². The van der Waals surface area contributed by atoms with Crippen LogP contribution in [0.2, 0.25) is 0 Å². The first-order valence-corrected chi connectivity index (χ1v) is 1.34. The van der Waals surface area contributed by atoms with Gasteiger partial charge in [-0.05, 0) is 0 Å². The van der Waals surface area contributed by atoms with E-state index in [1.807, 2.05) is 0 Å². The minimum absolute atomic E-state index is 0. The molecule has 0 bridgehead atoms. The summed E-state index contributed by atoms with van der Waals surface area (Å²) >= 11 is 0. The zero-order valence-electron chi connectivity index (χ0n) is 6.09. The van der Waals surface area contributed by atoms with Crippen LogP contribution >= 0.6 is 0 Å². The minimum atomic E-state index is 0. The largest absolute Gasteiger partial charge is 6.00 e. The van der Waals surface area contributed by atoms with Gasteiger partial charge in [-0.3, -0.25) is 0 Å². The molecule has 0 heterocycles. The third kappa shape index (κ3) is 99.6. The fourth-order valence-corrected chi connectivity index (χ4v) is 0. The molecule has 0 radical (unpaired) electrons. The normalized spacial score (nSPS) is 0.923. The molecule has 0 saturated heterocycles. The average molecular weight is 252 g/mol. The van der Waals surface area contributed by atoms with Crippen LogP contribution in [0.3, 0.4) is 0 Å². The van der Waals surface area contributed by atoms with Crippen LogP contribution in [0.1, 0.15) is 0 Å². The number of hydrogen-bond acceptors (Lipinski definition) is 6. The minimum Gasteiger partial charge on any atom is -0.512 e. The molecule has 0 amide bonds. The Balaban J connectivity index is -0.00000000655. The van der Waals surface area contributed by atoms with E-state index in [2.05, 4.69) is 0 Å². The molecular formula is C6MoN6. The van der Waals surface area contributed by atoms with Crippen molar-refractivity contribution in [3.63, 3.8) is 0 Å². The molecule has 0 N–H and O–H groups in total. The standard InChI is InChI=1S/6CN.Mo/c6*1-2;/q6*-1;+6. The van der Waals surface area contributed by atoms with Gasteiger partial charge in [0.15, 0.2) is 0 Å². The smallest absolute Gasteiger partial charge is 0.512 e. The van der Waals surface area contributed by atoms with Crippen LogP contribution in [0.5, 0.6) is 0 Å². The molecule has 0 aromatic heterocycles. The Labute approximate surface area is 92.3 Å². The van der Waals surface area contributed by atoms with Crippen LogP contribution < -0.4 is 0 Å². The Hall–Kier alpha value is -2.37. The van der Waals surface area contributed by atoms with Crippen LogP contribution in [0, 0.1) is 71.0 Å². The SMILES string of the molecule is [C-]#N.[C-]#N.[C-]#N.[C-]#N.[C-]#N.[C-]#N.[Mo+6]. The molecular weight excluding hydrogens is 252 g/mol. The maximum absolute atomic E-state index is 6.25. The molecule has 0 aromatic carbocycles. The number of nitrogens with zero attached hydrogens (tertiary/aromatic N) is 6. The third-order valence-electron chi connectivity index (χ3n) is 0. The summed E-state index contributed by atoms with van der Waals surface area (Å²) in [6, 6.07) is 0. The van der Waals surface area contributed by atoms with Crippen molar-refractivity contribution in [1.82, 2.24) is 0 Å². The molecule has 0 spiro atoms. The van der Waals surface area contributed by atoms with Gasteiger partial charge < -0.3 is 71.0 Å². The van der Waals surface area contributed by atoms with E-state index in [9.17, 15) is 0 Å². The predicted molar refractivity (Wildman–Crippen MR) is 29.8 cm³/mol. The van der Waals surface area contributed by atoms with Gasteiger partial charge in [0.2, 0.25) is 0 Å². The number of hydrogen-bond donors (Lipinski definition) is 0. The van der Waals surface area contributed by atoms with E-state index in [0.717, 1.165) is 0 Å². The van der Waals surface area contributed by atoms with Gasteiger partial charge in [-0.2, -0.15) is 0 Å². The van der Waals surface area contributed by atoms with Crippen molar-refractivity contribution in [1.29, 1.82) is 31.6 Å². The molecule has 0 aliphatic rings. The molecule has 7 heteroatoms. The Morgan fingerprint density at radius 1 is 0.308 bits per heavy atom. The molecule has 0 aromatic rings. The van der Waals surface area contributed by atoms with Crippen LogP contribution in [0.15, 0.2) is 0 Å². The zero-order chi connectivity index (χ0) is 12.0. The molecule has 0 aliphatic carbocycles. The Morgan fingerprint density at radius 3 is 0.308 bits per heavy atom. The van der Waals surface area contributed by atoms with E-state index in [1.54, 1.807) is 0 Å². The summed E-state index contributed by atoms with van der Waals surface area (Å²) in [5.41, 5.74) is 0. The fourth-order valence-electron chi connectivity index (χ4n) is 0. The Kier molecular flexibility index (Phi) is 734. The molecule has 13 heavy (non-hydrogen) atoms. The van der Waals surface area contributed by atoms with Gasteiger partial charge in [-0.1, -0.05) is 0 Å². The summed E-state index contributed by atoms with van der Waals surface area (Å²) in [7, 11) is 0. The Bertz CT molecular complexity index is 92.1. The second kappa shape index (κ2) is 127. The maximum atomic E-state index is 6.25. The van der Waals surface area contributed by atoms with Gasteiger partial charge >= 0.3 is 21.1 Å². The van der Waals surface area contributed by atoms with Crippen LogP contribution in [0.25, 0.3) is 0 Å². The van der Waals surface area contributed by atoms with Gasteiger partial charge in [0, 0.05) is 0 Å². The van der Waals surface area contributed by atoms with Crippen molar-refractivity contribution in [2.24, 2.45) is 0 Å². The van der Waals surface area contributed by atoms with E-state index in [4.69, 9.17) is 71.0 Å². The van der Waals surface area contributed by atoms with Gasteiger partial charge in [-0.25, -0.2) is 0 Å². The predicted octanol–water partition coefficient (Wildman–Crippen LogP) is 0.576. The van der Waals surface area contributed by atoms with Crippen molar-refractivity contribution >= 4 is 0 Å². The van der Waals surface area contributed by atoms with Gasteiger partial charge in [0.05, 0.1) is 0 Å². The molecule has 60 valence electrons. The molecule has 0 aliphatic heterocycles. The van der Waals surface area contributed by atoms with E-state index in [1.165, 1.54) is 0 Å². The molecule has 0 saturated carbocycles. The topological polar surface area (TPSA) is 143 Å². The molecule has 0 rings (SSSR count). The van der Waals surface area contributed by atoms with Crippen molar-refractivity contribution in [3.8, 4) is 0 Å². The molecule has 0 unspecified atom stereocenters. The van der Waals surface area contributed by atoms with Crippen LogP contribution in [-0.4, -0.2) is 0 Å². The average Bonchev–Trinajstić information content (AvgIpc) is 2.33. The third-order valence-corrected chi connectivity index (χ3v) is 0. The molecule has 6 nitrogen and oxygen atoms in total. The molecule has 0 atom stereocenters. The summed E-state index contributed by atoms with van der Waals surface area (Å²) in [6.07, 6.45) is 0. The second-order valence-corrected chi connectivity index (χ2v) is 0. The summed E-state index contributed by atoms with van der Waals surface area (Å²) in [4.78, 5) is 0. The van der Waals surface area contributed by atoms with E-state index < -0.39 is 0 Å². The van der Waals surface area contributed by atoms with Gasteiger partial charge in [0.1, 0.15) is 0 Å². The second-order valence-electron chi connectivity index (χ2n) is 0. The quantitative estimate of drug-likeness (QED) is 0.455. The monoisotopic (exact) mass is 254 g/mol. The fraction of sp³-hybridized carbons (Fsp3) is 0. The summed E-state index contributed by atoms with van der Waals surface area (Å²) in [5.74, 6) is 0. The summed E-state index contributed by atoms with van der Waals surface area (Å²) in [6.45, 7) is 28.5. The van der Waals surface area contributed by atoms with Gasteiger partial charge in [0.25, 0.3) is 0 Å². The van der Waals surface area contributed by atoms with Crippen molar-refractivity contribution in [3.05, 3.63) is 39.4 Å². The van der Waals surface area contributed by atoms with E-state index in [-0.39, 0.29) is 21.1 Å². The van der Waals surface area contributed by atoms with Crippen LogP contribution in [0.4, 0.5) is 0 Å². The van der Waals surface area contributed by atoms with E-state index in [0.29, 0.717) is 0 Å².